The van der Waals surface area contributed by atoms with Gasteiger partial charge in [0.25, 0.3) is 5.56 Å². The number of nitrogens with zero attached hydrogens (tertiary/aromatic N) is 2. The zero-order chi connectivity index (χ0) is 20.7. The first-order chi connectivity index (χ1) is 13.9. The number of rotatable bonds is 4. The number of aromatic amines is 1. The first-order valence-corrected chi connectivity index (χ1v) is 9.04. The smallest absolute Gasteiger partial charge is 0.327 e. The lowest BCUT2D eigenvalue weighted by Gasteiger charge is -2.27. The second kappa shape index (κ2) is 7.05. The average molecular weight is 394 g/mol. The van der Waals surface area contributed by atoms with Crippen LogP contribution in [0.1, 0.15) is 28.2 Å². The summed E-state index contributed by atoms with van der Waals surface area (Å²) in [7, 11) is 0. The van der Waals surface area contributed by atoms with Gasteiger partial charge in [-0.25, -0.2) is 14.2 Å². The molecular formula is C21H19FN4O3. The molecule has 0 amide bonds. The Morgan fingerprint density at radius 1 is 1.31 bits per heavy atom. The zero-order valence-electron chi connectivity index (χ0n) is 15.6. The van der Waals surface area contributed by atoms with Gasteiger partial charge in [0.2, 0.25) is 0 Å². The van der Waals surface area contributed by atoms with Crippen molar-refractivity contribution >= 4 is 17.5 Å². The van der Waals surface area contributed by atoms with Crippen LogP contribution < -0.4 is 16.2 Å². The molecule has 1 aliphatic heterocycles. The maximum absolute atomic E-state index is 14.4. The Labute approximate surface area is 165 Å². The lowest BCUT2D eigenvalue weighted by molar-refractivity contribution is -0.138. The molecule has 8 heteroatoms. The molecule has 3 aromatic rings. The molecule has 2 unspecified atom stereocenters. The Morgan fingerprint density at radius 2 is 2.10 bits per heavy atom. The van der Waals surface area contributed by atoms with Gasteiger partial charge in [-0.3, -0.25) is 4.79 Å². The lowest BCUT2D eigenvalue weighted by Crippen LogP contribution is -2.41. The summed E-state index contributed by atoms with van der Waals surface area (Å²) in [4.78, 5) is 33.0. The number of carboxylic acid groups (broad SMARTS) is 1. The van der Waals surface area contributed by atoms with Crippen LogP contribution in [0.5, 0.6) is 0 Å². The maximum Gasteiger partial charge on any atom is 0.327 e. The molecule has 0 bridgehead atoms. The standard InChI is InChI=1S/C21H19FN4O3/c1-11-7-14-16(9-15(11)22)26(10-12-4-6-24-17(23)8-12)19(21(28)29)18(14)13-3-2-5-25-20(13)27/h2-9,18-19H,10H2,1H3,(H2,23,24)(H,25,27)(H,28,29). The molecule has 0 saturated carbocycles. The number of carbonyl (C=O) groups is 1. The third kappa shape index (κ3) is 3.22. The van der Waals surface area contributed by atoms with Crippen molar-refractivity contribution in [2.45, 2.75) is 25.4 Å². The van der Waals surface area contributed by atoms with Gasteiger partial charge >= 0.3 is 5.97 Å². The van der Waals surface area contributed by atoms with E-state index in [1.165, 1.54) is 18.5 Å². The van der Waals surface area contributed by atoms with E-state index in [4.69, 9.17) is 5.73 Å². The van der Waals surface area contributed by atoms with Gasteiger partial charge < -0.3 is 20.7 Å². The number of hydrogen-bond acceptors (Lipinski definition) is 5. The van der Waals surface area contributed by atoms with Crippen molar-refractivity contribution in [3.05, 3.63) is 87.2 Å². The highest BCUT2D eigenvalue weighted by Gasteiger charge is 2.45. The average Bonchev–Trinajstić information content (AvgIpc) is 2.96. The largest absolute Gasteiger partial charge is 0.480 e. The molecule has 3 heterocycles. The van der Waals surface area contributed by atoms with Crippen LogP contribution in [0.25, 0.3) is 0 Å². The van der Waals surface area contributed by atoms with E-state index >= 15 is 0 Å². The number of benzene rings is 1. The van der Waals surface area contributed by atoms with Crippen molar-refractivity contribution in [3.63, 3.8) is 0 Å². The summed E-state index contributed by atoms with van der Waals surface area (Å²) >= 11 is 0. The molecule has 148 valence electrons. The van der Waals surface area contributed by atoms with E-state index in [1.54, 1.807) is 42.2 Å². The minimum atomic E-state index is -1.10. The molecule has 0 saturated heterocycles. The number of hydrogen-bond donors (Lipinski definition) is 3. The number of halogens is 1. The molecule has 2 atom stereocenters. The summed E-state index contributed by atoms with van der Waals surface area (Å²) in [6, 6.07) is 8.51. The molecule has 29 heavy (non-hydrogen) atoms. The van der Waals surface area contributed by atoms with Gasteiger partial charge in [0, 0.05) is 36.1 Å². The van der Waals surface area contributed by atoms with Gasteiger partial charge in [-0.2, -0.15) is 0 Å². The van der Waals surface area contributed by atoms with E-state index < -0.39 is 23.7 Å². The summed E-state index contributed by atoms with van der Waals surface area (Å²) < 4.78 is 14.4. The Hall–Kier alpha value is -3.68. The summed E-state index contributed by atoms with van der Waals surface area (Å²) in [5.41, 5.74) is 7.89. The molecule has 4 rings (SSSR count). The molecule has 0 fully saturated rings. The van der Waals surface area contributed by atoms with Crippen LogP contribution in [0.2, 0.25) is 0 Å². The first kappa shape index (κ1) is 18.7. The van der Waals surface area contributed by atoms with Crippen LogP contribution in [0.3, 0.4) is 0 Å². The molecule has 0 radical (unpaired) electrons. The molecule has 0 aliphatic carbocycles. The molecule has 0 spiro atoms. The van der Waals surface area contributed by atoms with E-state index in [0.717, 1.165) is 5.56 Å². The fourth-order valence-corrected chi connectivity index (χ4v) is 3.96. The molecule has 2 aromatic heterocycles. The maximum atomic E-state index is 14.4. The first-order valence-electron chi connectivity index (χ1n) is 9.04. The van der Waals surface area contributed by atoms with E-state index in [1.807, 2.05) is 0 Å². The van der Waals surface area contributed by atoms with Crippen molar-refractivity contribution in [2.24, 2.45) is 0 Å². The second-order valence-electron chi connectivity index (χ2n) is 7.09. The fourth-order valence-electron chi connectivity index (χ4n) is 3.96. The lowest BCUT2D eigenvalue weighted by atomic mass is 9.87. The highest BCUT2D eigenvalue weighted by Crippen LogP contribution is 2.45. The molecule has 1 aromatic carbocycles. The molecule has 4 N–H and O–H groups in total. The fraction of sp³-hybridized carbons (Fsp3) is 0.190. The zero-order valence-corrected chi connectivity index (χ0v) is 15.6. The van der Waals surface area contributed by atoms with E-state index in [0.29, 0.717) is 28.2 Å². The Bertz CT molecular complexity index is 1160. The predicted molar refractivity (Wildman–Crippen MR) is 106 cm³/mol. The van der Waals surface area contributed by atoms with Crippen LogP contribution in [0.4, 0.5) is 15.9 Å². The number of nitrogens with two attached hydrogens (primary N) is 1. The van der Waals surface area contributed by atoms with E-state index in [-0.39, 0.29) is 12.1 Å². The quantitative estimate of drug-likeness (QED) is 0.626. The van der Waals surface area contributed by atoms with Crippen LogP contribution in [0.15, 0.2) is 53.6 Å². The summed E-state index contributed by atoms with van der Waals surface area (Å²) in [5, 5.41) is 10.1. The number of H-pyrrole nitrogens is 1. The number of aryl methyl sites for hydroxylation is 1. The number of fused-ring (bicyclic) bond motifs is 1. The van der Waals surface area contributed by atoms with Crippen molar-refractivity contribution in [1.82, 2.24) is 9.97 Å². The molecular weight excluding hydrogens is 375 g/mol. The third-order valence-electron chi connectivity index (χ3n) is 5.24. The van der Waals surface area contributed by atoms with Crippen molar-refractivity contribution in [1.29, 1.82) is 0 Å². The van der Waals surface area contributed by atoms with Crippen molar-refractivity contribution < 1.29 is 14.3 Å². The van der Waals surface area contributed by atoms with Crippen molar-refractivity contribution in [2.75, 3.05) is 10.6 Å². The van der Waals surface area contributed by atoms with E-state index in [2.05, 4.69) is 9.97 Å². The molecule has 7 nitrogen and oxygen atoms in total. The second-order valence-corrected chi connectivity index (χ2v) is 7.09. The van der Waals surface area contributed by atoms with Gasteiger partial charge in [-0.15, -0.1) is 0 Å². The molecule has 1 aliphatic rings. The van der Waals surface area contributed by atoms with Crippen LogP contribution >= 0.6 is 0 Å². The number of aromatic nitrogens is 2. The topological polar surface area (TPSA) is 112 Å². The van der Waals surface area contributed by atoms with Crippen LogP contribution in [0, 0.1) is 12.7 Å². The Morgan fingerprint density at radius 3 is 2.79 bits per heavy atom. The van der Waals surface area contributed by atoms with Crippen LogP contribution in [-0.4, -0.2) is 27.1 Å². The van der Waals surface area contributed by atoms with Gasteiger partial charge in [-0.1, -0.05) is 12.1 Å². The highest BCUT2D eigenvalue weighted by molar-refractivity contribution is 5.85. The van der Waals surface area contributed by atoms with E-state index in [9.17, 15) is 19.1 Å². The minimum Gasteiger partial charge on any atom is -0.480 e. The summed E-state index contributed by atoms with van der Waals surface area (Å²) in [6.07, 6.45) is 3.03. The SMILES string of the molecule is Cc1cc2c(cc1F)N(Cc1ccnc(N)c1)C(C(=O)O)C2c1ccc[nH]c1=O. The highest BCUT2D eigenvalue weighted by atomic mass is 19.1. The number of anilines is 2. The van der Waals surface area contributed by atoms with Gasteiger partial charge in [0.15, 0.2) is 0 Å². The predicted octanol–water partition coefficient (Wildman–Crippen LogP) is 2.40. The number of carboxylic acids is 1. The third-order valence-corrected chi connectivity index (χ3v) is 5.24. The Kier molecular flexibility index (Phi) is 4.54. The minimum absolute atomic E-state index is 0.181. The van der Waals surface area contributed by atoms with Crippen LogP contribution in [-0.2, 0) is 11.3 Å². The number of aliphatic carboxylic acids is 1. The summed E-state index contributed by atoms with van der Waals surface area (Å²) in [5.74, 6) is -1.98. The summed E-state index contributed by atoms with van der Waals surface area (Å²) in [6.45, 7) is 1.80. The van der Waals surface area contributed by atoms with Gasteiger partial charge in [0.05, 0.1) is 0 Å². The van der Waals surface area contributed by atoms with Gasteiger partial charge in [-0.05, 0) is 47.9 Å². The number of nitrogen functional groups attached to an aromatic ring is 1. The Balaban J connectivity index is 1.91. The normalized spacial score (nSPS) is 17.9. The van der Waals surface area contributed by atoms with Crippen molar-refractivity contribution in [3.8, 4) is 0 Å². The monoisotopic (exact) mass is 394 g/mol. The number of nitrogens with one attached hydrogen (secondary N) is 1. The van der Waals surface area contributed by atoms with Gasteiger partial charge in [0.1, 0.15) is 17.7 Å². The number of pyridine rings is 2.